The van der Waals surface area contributed by atoms with Gasteiger partial charge in [0.1, 0.15) is 17.5 Å². The molecule has 0 radical (unpaired) electrons. The van der Waals surface area contributed by atoms with Crippen molar-refractivity contribution in [3.8, 4) is 0 Å². The van der Waals surface area contributed by atoms with Gasteiger partial charge >= 0.3 is 0 Å². The van der Waals surface area contributed by atoms with Crippen LogP contribution in [0.15, 0.2) is 6.07 Å². The molecule has 3 N–H and O–H groups in total. The highest BCUT2D eigenvalue weighted by Crippen LogP contribution is 2.17. The molecule has 0 aliphatic carbocycles. The Morgan fingerprint density at radius 1 is 1.16 bits per heavy atom. The van der Waals surface area contributed by atoms with Crippen molar-refractivity contribution in [1.29, 1.82) is 0 Å². The Bertz CT molecular complexity index is 369. The number of nitrogens with zero attached hydrogens (tertiary/aromatic N) is 2. The standard InChI is InChI=1S/C14H26N4O/c1-5-7-11-17-12(15-6-2)8-13(18-11)16-9-14(3,4)10-19/h8,19H,5-7,9-10H2,1-4H3,(H2,15,16,17,18). The van der Waals surface area contributed by atoms with Crippen LogP contribution in [0.3, 0.4) is 0 Å². The first-order valence-corrected chi connectivity index (χ1v) is 6.97. The Morgan fingerprint density at radius 3 is 2.32 bits per heavy atom. The fraction of sp³-hybridized carbons (Fsp3) is 0.714. The van der Waals surface area contributed by atoms with E-state index in [4.69, 9.17) is 0 Å². The molecule has 0 saturated heterocycles. The molecule has 0 aromatic carbocycles. The molecule has 1 aromatic heterocycles. The molecule has 0 fully saturated rings. The molecule has 1 heterocycles. The number of hydrogen-bond donors (Lipinski definition) is 3. The SMILES string of the molecule is CCCc1nc(NCC)cc(NCC(C)(C)CO)n1. The van der Waals surface area contributed by atoms with E-state index in [-0.39, 0.29) is 12.0 Å². The number of hydrogen-bond acceptors (Lipinski definition) is 5. The fourth-order valence-corrected chi connectivity index (χ4v) is 1.58. The first-order valence-electron chi connectivity index (χ1n) is 6.97. The van der Waals surface area contributed by atoms with Crippen LogP contribution in [0.4, 0.5) is 11.6 Å². The zero-order valence-corrected chi connectivity index (χ0v) is 12.5. The van der Waals surface area contributed by atoms with Crippen molar-refractivity contribution in [2.24, 2.45) is 5.41 Å². The molecule has 19 heavy (non-hydrogen) atoms. The van der Waals surface area contributed by atoms with Gasteiger partial charge in [0.15, 0.2) is 0 Å². The van der Waals surface area contributed by atoms with Crippen molar-refractivity contribution in [2.45, 2.75) is 40.5 Å². The molecule has 5 heteroatoms. The van der Waals surface area contributed by atoms with Gasteiger partial charge < -0.3 is 15.7 Å². The van der Waals surface area contributed by atoms with Crippen LogP contribution in [0.5, 0.6) is 0 Å². The molecule has 5 nitrogen and oxygen atoms in total. The van der Waals surface area contributed by atoms with Crippen LogP contribution in [-0.4, -0.2) is 34.8 Å². The smallest absolute Gasteiger partial charge is 0.133 e. The molecule has 0 aliphatic heterocycles. The predicted octanol–water partition coefficient (Wildman–Crippen LogP) is 2.29. The van der Waals surface area contributed by atoms with Gasteiger partial charge in [0, 0.05) is 37.6 Å². The quantitative estimate of drug-likeness (QED) is 0.673. The summed E-state index contributed by atoms with van der Waals surface area (Å²) in [6.07, 6.45) is 1.90. The number of anilines is 2. The number of aryl methyl sites for hydroxylation is 1. The van der Waals surface area contributed by atoms with Gasteiger partial charge in [-0.3, -0.25) is 0 Å². The minimum absolute atomic E-state index is 0.146. The zero-order valence-electron chi connectivity index (χ0n) is 12.5. The highest BCUT2D eigenvalue weighted by atomic mass is 16.3. The number of aliphatic hydroxyl groups excluding tert-OH is 1. The van der Waals surface area contributed by atoms with Gasteiger partial charge in [-0.1, -0.05) is 20.8 Å². The highest BCUT2D eigenvalue weighted by molar-refractivity contribution is 5.47. The van der Waals surface area contributed by atoms with Crippen LogP contribution < -0.4 is 10.6 Å². The topological polar surface area (TPSA) is 70.1 Å². The van der Waals surface area contributed by atoms with Gasteiger partial charge in [-0.05, 0) is 13.3 Å². The van der Waals surface area contributed by atoms with E-state index in [0.29, 0.717) is 6.54 Å². The molecule has 0 unspecified atom stereocenters. The molecule has 108 valence electrons. The van der Waals surface area contributed by atoms with Crippen molar-refractivity contribution >= 4 is 11.6 Å². The molecule has 0 atom stereocenters. The second-order valence-electron chi connectivity index (χ2n) is 5.51. The number of nitrogens with one attached hydrogen (secondary N) is 2. The van der Waals surface area contributed by atoms with Crippen molar-refractivity contribution in [3.05, 3.63) is 11.9 Å². The number of aliphatic hydroxyl groups is 1. The monoisotopic (exact) mass is 266 g/mol. The lowest BCUT2D eigenvalue weighted by Crippen LogP contribution is -2.27. The van der Waals surface area contributed by atoms with Crippen LogP contribution in [0.1, 0.15) is 39.9 Å². The van der Waals surface area contributed by atoms with E-state index in [1.165, 1.54) is 0 Å². The van der Waals surface area contributed by atoms with Crippen LogP contribution in [0, 0.1) is 5.41 Å². The average molecular weight is 266 g/mol. The summed E-state index contributed by atoms with van der Waals surface area (Å²) in [5, 5.41) is 15.8. The van der Waals surface area contributed by atoms with Gasteiger partial charge in [0.05, 0.1) is 0 Å². The van der Waals surface area contributed by atoms with Crippen molar-refractivity contribution in [1.82, 2.24) is 9.97 Å². The maximum Gasteiger partial charge on any atom is 0.133 e. The maximum atomic E-state index is 9.26. The minimum Gasteiger partial charge on any atom is -0.396 e. The Morgan fingerprint density at radius 2 is 1.79 bits per heavy atom. The Kier molecular flexibility index (Phi) is 6.02. The van der Waals surface area contributed by atoms with E-state index in [0.717, 1.165) is 36.8 Å². The molecular formula is C14H26N4O. The summed E-state index contributed by atoms with van der Waals surface area (Å²) < 4.78 is 0. The summed E-state index contributed by atoms with van der Waals surface area (Å²) in [6.45, 7) is 9.85. The third kappa shape index (κ3) is 5.42. The minimum atomic E-state index is -0.159. The van der Waals surface area contributed by atoms with Crippen LogP contribution in [-0.2, 0) is 6.42 Å². The maximum absolute atomic E-state index is 9.26. The van der Waals surface area contributed by atoms with Crippen LogP contribution in [0.2, 0.25) is 0 Å². The summed E-state index contributed by atoms with van der Waals surface area (Å²) in [4.78, 5) is 8.96. The van der Waals surface area contributed by atoms with E-state index in [1.54, 1.807) is 0 Å². The number of rotatable bonds is 8. The average Bonchev–Trinajstić information content (AvgIpc) is 2.37. The molecule has 0 amide bonds. The first kappa shape index (κ1) is 15.7. The third-order valence-corrected chi connectivity index (χ3v) is 2.78. The summed E-state index contributed by atoms with van der Waals surface area (Å²) in [5.74, 6) is 2.52. The lowest BCUT2D eigenvalue weighted by atomic mass is 9.95. The second-order valence-corrected chi connectivity index (χ2v) is 5.51. The van der Waals surface area contributed by atoms with Gasteiger partial charge in [-0.15, -0.1) is 0 Å². The third-order valence-electron chi connectivity index (χ3n) is 2.78. The summed E-state index contributed by atoms with van der Waals surface area (Å²) in [5.41, 5.74) is -0.159. The van der Waals surface area contributed by atoms with Crippen molar-refractivity contribution in [3.63, 3.8) is 0 Å². The van der Waals surface area contributed by atoms with Crippen LogP contribution >= 0.6 is 0 Å². The summed E-state index contributed by atoms with van der Waals surface area (Å²) in [7, 11) is 0. The zero-order chi connectivity index (χ0) is 14.3. The summed E-state index contributed by atoms with van der Waals surface area (Å²) in [6, 6.07) is 1.91. The van der Waals surface area contributed by atoms with Gasteiger partial charge in [-0.25, -0.2) is 9.97 Å². The lowest BCUT2D eigenvalue weighted by Gasteiger charge is -2.22. The van der Waals surface area contributed by atoms with Gasteiger partial charge in [0.25, 0.3) is 0 Å². The van der Waals surface area contributed by atoms with Gasteiger partial charge in [-0.2, -0.15) is 0 Å². The van der Waals surface area contributed by atoms with Gasteiger partial charge in [0.2, 0.25) is 0 Å². The van der Waals surface area contributed by atoms with E-state index in [9.17, 15) is 5.11 Å². The molecule has 0 spiro atoms. The Labute approximate surface area is 115 Å². The largest absolute Gasteiger partial charge is 0.396 e. The van der Waals surface area contributed by atoms with E-state index < -0.39 is 0 Å². The lowest BCUT2D eigenvalue weighted by molar-refractivity contribution is 0.170. The fourth-order valence-electron chi connectivity index (χ4n) is 1.58. The normalized spacial score (nSPS) is 11.4. The van der Waals surface area contributed by atoms with E-state index >= 15 is 0 Å². The highest BCUT2D eigenvalue weighted by Gasteiger charge is 2.16. The molecule has 0 bridgehead atoms. The summed E-state index contributed by atoms with van der Waals surface area (Å²) >= 11 is 0. The molecular weight excluding hydrogens is 240 g/mol. The first-order chi connectivity index (χ1) is 9.00. The number of aromatic nitrogens is 2. The second kappa shape index (κ2) is 7.28. The Hall–Kier alpha value is -1.36. The van der Waals surface area contributed by atoms with Crippen LogP contribution in [0.25, 0.3) is 0 Å². The molecule has 1 rings (SSSR count). The molecule has 0 aliphatic rings. The predicted molar refractivity (Wildman–Crippen MR) is 79.5 cm³/mol. The molecule has 1 aromatic rings. The Balaban J connectivity index is 2.80. The van der Waals surface area contributed by atoms with Crippen molar-refractivity contribution in [2.75, 3.05) is 30.3 Å². The van der Waals surface area contributed by atoms with E-state index in [1.807, 2.05) is 26.8 Å². The molecule has 0 saturated carbocycles. The van der Waals surface area contributed by atoms with Crippen molar-refractivity contribution < 1.29 is 5.11 Å². The van der Waals surface area contributed by atoms with E-state index in [2.05, 4.69) is 27.5 Å².